The molecule has 0 radical (unpaired) electrons. The number of hydrogen-bond acceptors (Lipinski definition) is 15. The molecular weight excluding hydrogens is 787 g/mol. The van der Waals surface area contributed by atoms with Crippen LogP contribution in [0.4, 0.5) is 10.5 Å². The summed E-state index contributed by atoms with van der Waals surface area (Å²) >= 11 is 0. The van der Waals surface area contributed by atoms with Gasteiger partial charge >= 0.3 is 24.0 Å². The summed E-state index contributed by atoms with van der Waals surface area (Å²) in [5.41, 5.74) is 6.00. The molecule has 4 aromatic rings. The van der Waals surface area contributed by atoms with E-state index in [1.54, 1.807) is 43.0 Å². The first-order valence-corrected chi connectivity index (χ1v) is 21.0. The molecule has 2 saturated carbocycles. The molecule has 0 spiro atoms. The minimum absolute atomic E-state index is 0.0196. The topological polar surface area (TPSA) is 246 Å². The molecule has 4 aliphatic carbocycles. The van der Waals surface area contributed by atoms with Crippen molar-refractivity contribution in [3.63, 3.8) is 0 Å². The number of anilines is 1. The summed E-state index contributed by atoms with van der Waals surface area (Å²) in [6, 6.07) is 7.33. The number of aryl methyl sites for hydroxylation is 2. The highest BCUT2D eigenvalue weighted by atomic mass is 16.6. The summed E-state index contributed by atoms with van der Waals surface area (Å²) in [5.74, 6) is -1.14. The average Bonchev–Trinajstić information content (AvgIpc) is 4.12. The lowest BCUT2D eigenvalue weighted by Crippen LogP contribution is -2.35. The Balaban J connectivity index is 0.000000179. The van der Waals surface area contributed by atoms with Crippen molar-refractivity contribution >= 4 is 29.7 Å². The Kier molecular flexibility index (Phi) is 16.5. The van der Waals surface area contributed by atoms with Gasteiger partial charge in [0.2, 0.25) is 6.10 Å². The molecule has 2 unspecified atom stereocenters. The first-order chi connectivity index (χ1) is 29.6. The van der Waals surface area contributed by atoms with Gasteiger partial charge in [-0.25, -0.2) is 49.1 Å². The van der Waals surface area contributed by atoms with Crippen molar-refractivity contribution in [3.05, 3.63) is 101 Å². The second-order valence-electron chi connectivity index (χ2n) is 15.4. The van der Waals surface area contributed by atoms with Gasteiger partial charge in [-0.3, -0.25) is 5.32 Å². The molecular formula is C44H53N7O10. The zero-order chi connectivity index (χ0) is 43.0. The number of aliphatic hydroxyl groups is 2. The van der Waals surface area contributed by atoms with Gasteiger partial charge in [-0.05, 0) is 130 Å². The fraction of sp³-hybridized carbons (Fsp3) is 0.500. The molecule has 0 saturated heterocycles. The summed E-state index contributed by atoms with van der Waals surface area (Å²) in [4.78, 5) is 71.4. The van der Waals surface area contributed by atoms with Crippen molar-refractivity contribution in [2.45, 2.75) is 140 Å². The summed E-state index contributed by atoms with van der Waals surface area (Å²) in [5, 5.41) is 29.9. The number of carboxylic acids is 1. The number of aliphatic carboxylic acids is 1. The van der Waals surface area contributed by atoms with Crippen molar-refractivity contribution in [2.75, 3.05) is 5.32 Å². The minimum atomic E-state index is -1.42. The number of ether oxygens (including phenoxy) is 3. The van der Waals surface area contributed by atoms with Gasteiger partial charge in [0.15, 0.2) is 12.2 Å². The molecule has 8 rings (SSSR count). The number of amides is 1. The predicted octanol–water partition coefficient (Wildman–Crippen LogP) is 4.43. The van der Waals surface area contributed by atoms with E-state index in [1.807, 2.05) is 0 Å². The van der Waals surface area contributed by atoms with Crippen molar-refractivity contribution in [1.29, 1.82) is 0 Å². The van der Waals surface area contributed by atoms with E-state index in [1.165, 1.54) is 34.6 Å². The number of carbonyl (C=O) groups excluding carboxylic acids is 3. The zero-order valence-electron chi connectivity index (χ0n) is 34.1. The first kappa shape index (κ1) is 44.6. The van der Waals surface area contributed by atoms with Crippen LogP contribution in [-0.4, -0.2) is 99.7 Å². The maximum atomic E-state index is 13.0. The molecule has 324 valence electrons. The van der Waals surface area contributed by atoms with Gasteiger partial charge in [0, 0.05) is 50.0 Å². The summed E-state index contributed by atoms with van der Waals surface area (Å²) in [7, 11) is 0. The predicted molar refractivity (Wildman–Crippen MR) is 218 cm³/mol. The van der Waals surface area contributed by atoms with Crippen LogP contribution in [0, 0.1) is 0 Å². The average molecular weight is 840 g/mol. The Morgan fingerprint density at radius 3 is 1.48 bits per heavy atom. The number of nitrogens with one attached hydrogen (secondary N) is 1. The highest BCUT2D eigenvalue weighted by Crippen LogP contribution is 2.38. The number of hydrogen-bond donors (Lipinski definition) is 4. The van der Waals surface area contributed by atoms with Crippen LogP contribution in [-0.2, 0) is 73.5 Å². The number of esters is 2. The molecule has 4 aliphatic rings. The number of aliphatic hydroxyl groups excluding tert-OH is 2. The van der Waals surface area contributed by atoms with Crippen LogP contribution >= 0.6 is 0 Å². The fourth-order valence-electron chi connectivity index (χ4n) is 7.88. The van der Waals surface area contributed by atoms with Crippen molar-refractivity contribution in [1.82, 2.24) is 29.9 Å². The third-order valence-corrected chi connectivity index (χ3v) is 10.9. The van der Waals surface area contributed by atoms with Crippen LogP contribution in [0.25, 0.3) is 0 Å². The lowest BCUT2D eigenvalue weighted by atomic mass is 9.99. The second-order valence-corrected chi connectivity index (χ2v) is 15.4. The van der Waals surface area contributed by atoms with E-state index in [4.69, 9.17) is 24.4 Å². The Labute approximate surface area is 353 Å². The lowest BCUT2D eigenvalue weighted by Gasteiger charge is -2.21. The number of nitrogens with zero attached hydrogens (tertiary/aromatic N) is 6. The number of rotatable bonds is 13. The molecule has 3 aromatic heterocycles. The maximum absolute atomic E-state index is 13.0. The van der Waals surface area contributed by atoms with Gasteiger partial charge < -0.3 is 29.5 Å². The van der Waals surface area contributed by atoms with E-state index < -0.39 is 42.3 Å². The molecule has 0 bridgehead atoms. The van der Waals surface area contributed by atoms with Gasteiger partial charge in [0.1, 0.15) is 29.7 Å². The van der Waals surface area contributed by atoms with Crippen LogP contribution < -0.4 is 5.32 Å². The van der Waals surface area contributed by atoms with E-state index in [9.17, 15) is 24.3 Å². The fourth-order valence-corrected chi connectivity index (χ4v) is 7.88. The standard InChI is InChI=1S/C25H29N3O4.C12H16N2O3.C7H8N2O3/c29-24(31-18-8-1-2-9-18)21(15-22-26-12-5-13-27-22)32-25(30)28-23-19-10-3-6-16(19)14-17-7-4-11-20(17)23;15-10(8-11-13-6-3-7-14-11)12(16)17-9-4-1-2-5-9;10-5(7(11)12)4-6-8-2-1-3-9-6/h5,12-14,18,21H,1-4,6-11,15H2,(H,28,30);3,6-7,9-10,15H,1-2,4-5,8H2;1-3,5,10H,4H2,(H,11,12)/t21-;;/m1../s1. The largest absolute Gasteiger partial charge is 0.479 e. The number of fused-ring (bicyclic) bond motifs is 2. The first-order valence-electron chi connectivity index (χ1n) is 21.0. The Morgan fingerprint density at radius 2 is 1.02 bits per heavy atom. The van der Waals surface area contributed by atoms with E-state index in [2.05, 4.69) is 41.3 Å². The molecule has 61 heavy (non-hydrogen) atoms. The van der Waals surface area contributed by atoms with E-state index in [-0.39, 0.29) is 31.5 Å². The third kappa shape index (κ3) is 13.5. The Morgan fingerprint density at radius 1 is 0.590 bits per heavy atom. The summed E-state index contributed by atoms with van der Waals surface area (Å²) < 4.78 is 16.5. The van der Waals surface area contributed by atoms with Crippen LogP contribution in [0.5, 0.6) is 0 Å². The molecule has 3 atom stereocenters. The molecule has 4 N–H and O–H groups in total. The molecule has 1 amide bonds. The monoisotopic (exact) mass is 839 g/mol. The maximum Gasteiger partial charge on any atom is 0.412 e. The lowest BCUT2D eigenvalue weighted by molar-refractivity contribution is -0.159. The normalized spacial score (nSPS) is 17.0. The number of carbonyl (C=O) groups is 4. The van der Waals surface area contributed by atoms with Gasteiger partial charge in [0.25, 0.3) is 0 Å². The highest BCUT2D eigenvalue weighted by molar-refractivity contribution is 5.90. The quantitative estimate of drug-likeness (QED) is 0.107. The van der Waals surface area contributed by atoms with Crippen LogP contribution in [0.3, 0.4) is 0 Å². The van der Waals surface area contributed by atoms with Crippen molar-refractivity contribution in [2.24, 2.45) is 0 Å². The molecule has 1 aromatic carbocycles. The number of aromatic nitrogens is 6. The van der Waals surface area contributed by atoms with E-state index >= 15 is 0 Å². The highest BCUT2D eigenvalue weighted by Gasteiger charge is 2.32. The van der Waals surface area contributed by atoms with Gasteiger partial charge in [-0.15, -0.1) is 0 Å². The summed E-state index contributed by atoms with van der Waals surface area (Å²) in [6.07, 6.45) is 19.1. The Hall–Kier alpha value is -5.94. The van der Waals surface area contributed by atoms with Crippen LogP contribution in [0.2, 0.25) is 0 Å². The zero-order valence-corrected chi connectivity index (χ0v) is 34.1. The van der Waals surface area contributed by atoms with Crippen molar-refractivity contribution in [3.8, 4) is 0 Å². The second kappa shape index (κ2) is 22.6. The van der Waals surface area contributed by atoms with Gasteiger partial charge in [-0.1, -0.05) is 6.07 Å². The third-order valence-electron chi connectivity index (χ3n) is 10.9. The number of carboxylic acid groups (broad SMARTS) is 1. The molecule has 3 heterocycles. The molecule has 17 heteroatoms. The molecule has 2 fully saturated rings. The van der Waals surface area contributed by atoms with Crippen molar-refractivity contribution < 1.29 is 48.7 Å². The summed E-state index contributed by atoms with van der Waals surface area (Å²) in [6.45, 7) is 0. The Bertz CT molecular complexity index is 2020. The smallest absolute Gasteiger partial charge is 0.412 e. The van der Waals surface area contributed by atoms with Gasteiger partial charge in [-0.2, -0.15) is 0 Å². The molecule has 17 nitrogen and oxygen atoms in total. The minimum Gasteiger partial charge on any atom is -0.479 e. The SMILES string of the molecule is O=C(Nc1c2c(cc3c1CCC3)CCC2)O[C@H](Cc1ncccn1)C(=O)OC1CCCC1.O=C(O)C(O)Cc1ncccn1.O=C(OC1CCCC1)C(O)Cc1ncccn1. The van der Waals surface area contributed by atoms with Crippen LogP contribution in [0.15, 0.2) is 61.4 Å². The number of benzene rings is 1. The molecule has 0 aliphatic heterocycles. The van der Waals surface area contributed by atoms with Crippen LogP contribution in [0.1, 0.15) is 104 Å². The van der Waals surface area contributed by atoms with E-state index in [0.717, 1.165) is 95.6 Å². The van der Waals surface area contributed by atoms with E-state index in [0.29, 0.717) is 17.5 Å². The van der Waals surface area contributed by atoms with Gasteiger partial charge in [0.05, 0.1) is 12.1 Å².